The normalized spacial score (nSPS) is 25.6. The topological polar surface area (TPSA) is 79.8 Å². The van der Waals surface area contributed by atoms with Crippen LogP contribution in [0.25, 0.3) is 0 Å². The average Bonchev–Trinajstić information content (AvgIpc) is 3.31. The van der Waals surface area contributed by atoms with E-state index in [0.717, 1.165) is 63.1 Å². The Labute approximate surface area is 215 Å². The van der Waals surface area contributed by atoms with Gasteiger partial charge >= 0.3 is 0 Å². The summed E-state index contributed by atoms with van der Waals surface area (Å²) in [6.07, 6.45) is 7.58. The first-order chi connectivity index (χ1) is 16.5. The van der Waals surface area contributed by atoms with Crippen LogP contribution in [0.2, 0.25) is 0 Å². The number of nitrogens with one attached hydrogen (secondary N) is 2. The molecule has 0 spiro atoms. The Morgan fingerprint density at radius 3 is 2.40 bits per heavy atom. The maximum Gasteiger partial charge on any atom is 0.240 e. The van der Waals surface area contributed by atoms with Gasteiger partial charge in [-0.2, -0.15) is 0 Å². The number of hydrogen-bond donors (Lipinski definition) is 2. The maximum atomic E-state index is 12.5. The van der Waals surface area contributed by atoms with Crippen molar-refractivity contribution in [2.45, 2.75) is 61.8 Å². The first-order valence-corrected chi connectivity index (χ1v) is 14.0. The molecular formula is C27H36ClN3O3S. The van der Waals surface area contributed by atoms with Gasteiger partial charge in [0.25, 0.3) is 0 Å². The smallest absolute Gasteiger partial charge is 0.240 e. The molecule has 5 rings (SSSR count). The summed E-state index contributed by atoms with van der Waals surface area (Å²) in [5.74, 6) is 3.64. The van der Waals surface area contributed by atoms with Crippen LogP contribution in [0.4, 0.5) is 0 Å². The molecule has 6 nitrogen and oxygen atoms in total. The summed E-state index contributed by atoms with van der Waals surface area (Å²) >= 11 is 0. The Morgan fingerprint density at radius 1 is 0.971 bits per heavy atom. The average molecular weight is 518 g/mol. The van der Waals surface area contributed by atoms with E-state index in [-0.39, 0.29) is 12.4 Å². The zero-order valence-corrected chi connectivity index (χ0v) is 21.9. The standard InChI is InChI=1S/C27H35N3O3S.ClH/c1-33-22-12-13-24-21(15-22)11-14-26-25(24)16-27(30-26)28-17-19-7-9-20(10-8-19)18-29-34(31,32)23-5-3-2-4-6-23;/h2-6,12-13,15,19-20,25-26,29H,7-11,14,16-18H2,1H3,(H,28,30);1H/t19-,20-,25-,26+;/m0./s1. The fraction of sp³-hybridized carbons (Fsp3) is 0.519. The fourth-order valence-corrected chi connectivity index (χ4v) is 6.93. The second-order valence-electron chi connectivity index (χ2n) is 9.99. The number of halogens is 1. The van der Waals surface area contributed by atoms with Crippen molar-refractivity contribution in [2.24, 2.45) is 16.8 Å². The van der Waals surface area contributed by atoms with Crippen molar-refractivity contribution in [3.05, 3.63) is 59.7 Å². The molecule has 0 bridgehead atoms. The highest BCUT2D eigenvalue weighted by Gasteiger charge is 2.35. The zero-order chi connectivity index (χ0) is 23.5. The van der Waals surface area contributed by atoms with Crippen LogP contribution in [-0.2, 0) is 16.4 Å². The molecule has 1 heterocycles. The minimum atomic E-state index is -3.42. The highest BCUT2D eigenvalue weighted by molar-refractivity contribution is 7.89. The van der Waals surface area contributed by atoms with E-state index in [4.69, 9.17) is 9.73 Å². The van der Waals surface area contributed by atoms with Gasteiger partial charge in [0.05, 0.1) is 23.9 Å². The van der Waals surface area contributed by atoms with Gasteiger partial charge in [-0.1, -0.05) is 24.3 Å². The molecule has 3 aliphatic rings. The first kappa shape index (κ1) is 26.0. The van der Waals surface area contributed by atoms with Gasteiger partial charge in [0, 0.05) is 25.4 Å². The predicted octanol–water partition coefficient (Wildman–Crippen LogP) is 4.69. The van der Waals surface area contributed by atoms with E-state index in [1.54, 1.807) is 31.4 Å². The predicted molar refractivity (Wildman–Crippen MR) is 142 cm³/mol. The van der Waals surface area contributed by atoms with Crippen molar-refractivity contribution in [2.75, 3.05) is 20.2 Å². The third kappa shape index (κ3) is 6.01. The summed E-state index contributed by atoms with van der Waals surface area (Å²) in [7, 11) is -1.69. The van der Waals surface area contributed by atoms with Crippen molar-refractivity contribution in [3.63, 3.8) is 0 Å². The van der Waals surface area contributed by atoms with E-state index in [0.29, 0.717) is 35.2 Å². The summed E-state index contributed by atoms with van der Waals surface area (Å²) in [5.41, 5.74) is 2.86. The number of aliphatic imine (C=N–C) groups is 1. The van der Waals surface area contributed by atoms with E-state index < -0.39 is 10.0 Å². The molecule has 1 aliphatic heterocycles. The van der Waals surface area contributed by atoms with Crippen LogP contribution in [0.5, 0.6) is 5.75 Å². The van der Waals surface area contributed by atoms with Crippen LogP contribution in [-0.4, -0.2) is 40.5 Å². The largest absolute Gasteiger partial charge is 0.497 e. The molecule has 1 saturated carbocycles. The van der Waals surface area contributed by atoms with Crippen LogP contribution < -0.4 is 14.8 Å². The van der Waals surface area contributed by atoms with Gasteiger partial charge in [-0.25, -0.2) is 13.1 Å². The molecule has 0 amide bonds. The molecule has 35 heavy (non-hydrogen) atoms. The Hall–Kier alpha value is -2.09. The lowest BCUT2D eigenvalue weighted by Gasteiger charge is -2.29. The van der Waals surface area contributed by atoms with Crippen LogP contribution in [0.15, 0.2) is 58.4 Å². The van der Waals surface area contributed by atoms with Crippen molar-refractivity contribution in [3.8, 4) is 5.75 Å². The van der Waals surface area contributed by atoms with Crippen LogP contribution in [0, 0.1) is 11.8 Å². The summed E-state index contributed by atoms with van der Waals surface area (Å²) in [6, 6.07) is 15.5. The third-order valence-corrected chi connectivity index (χ3v) is 9.27. The van der Waals surface area contributed by atoms with Gasteiger partial charge in [0.1, 0.15) is 5.75 Å². The molecular weight excluding hydrogens is 482 g/mol. The van der Waals surface area contributed by atoms with Gasteiger partial charge in [0.2, 0.25) is 10.0 Å². The monoisotopic (exact) mass is 517 g/mol. The second kappa shape index (κ2) is 11.3. The number of methoxy groups -OCH3 is 1. The summed E-state index contributed by atoms with van der Waals surface area (Å²) in [5, 5.41) is 3.67. The number of benzene rings is 2. The molecule has 8 heteroatoms. The summed E-state index contributed by atoms with van der Waals surface area (Å²) in [6.45, 7) is 1.49. The molecule has 1 fully saturated rings. The molecule has 0 unspecified atom stereocenters. The molecule has 0 aromatic heterocycles. The van der Waals surface area contributed by atoms with E-state index in [1.165, 1.54) is 11.1 Å². The van der Waals surface area contributed by atoms with E-state index >= 15 is 0 Å². The highest BCUT2D eigenvalue weighted by Crippen LogP contribution is 2.41. The van der Waals surface area contributed by atoms with Gasteiger partial charge < -0.3 is 10.1 Å². The fourth-order valence-electron chi connectivity index (χ4n) is 5.79. The summed E-state index contributed by atoms with van der Waals surface area (Å²) < 4.78 is 33.1. The Morgan fingerprint density at radius 2 is 1.69 bits per heavy atom. The molecule has 2 aliphatic carbocycles. The lowest BCUT2D eigenvalue weighted by atomic mass is 9.79. The van der Waals surface area contributed by atoms with Crippen LogP contribution >= 0.6 is 12.4 Å². The van der Waals surface area contributed by atoms with E-state index in [2.05, 4.69) is 28.2 Å². The Kier molecular flexibility index (Phi) is 8.40. The van der Waals surface area contributed by atoms with Crippen LogP contribution in [0.1, 0.15) is 55.6 Å². The second-order valence-corrected chi connectivity index (χ2v) is 11.8. The Balaban J connectivity index is 0.00000289. The molecule has 190 valence electrons. The molecule has 0 radical (unpaired) electrons. The minimum Gasteiger partial charge on any atom is -0.497 e. The first-order valence-electron chi connectivity index (χ1n) is 12.5. The number of amidine groups is 1. The van der Waals surface area contributed by atoms with Gasteiger partial charge in [-0.3, -0.25) is 4.99 Å². The molecule has 2 aromatic rings. The number of hydrogen-bond acceptors (Lipinski definition) is 5. The lowest BCUT2D eigenvalue weighted by molar-refractivity contribution is 0.275. The Bertz CT molecular complexity index is 1130. The van der Waals surface area contributed by atoms with Crippen molar-refractivity contribution >= 4 is 28.3 Å². The highest BCUT2D eigenvalue weighted by atomic mass is 35.5. The van der Waals surface area contributed by atoms with Gasteiger partial charge in [-0.05, 0) is 85.8 Å². The van der Waals surface area contributed by atoms with Gasteiger partial charge in [0.15, 0.2) is 0 Å². The molecule has 2 N–H and O–H groups in total. The van der Waals surface area contributed by atoms with Crippen LogP contribution in [0.3, 0.4) is 0 Å². The molecule has 2 aromatic carbocycles. The number of rotatable bonds is 7. The van der Waals surface area contributed by atoms with E-state index in [1.807, 2.05) is 6.07 Å². The molecule has 2 atom stereocenters. The number of fused-ring (bicyclic) bond motifs is 3. The number of nitrogens with zero attached hydrogens (tertiary/aromatic N) is 1. The van der Waals surface area contributed by atoms with Crippen molar-refractivity contribution in [1.82, 2.24) is 10.0 Å². The van der Waals surface area contributed by atoms with Gasteiger partial charge in [-0.15, -0.1) is 12.4 Å². The number of sulfonamides is 1. The van der Waals surface area contributed by atoms with Crippen molar-refractivity contribution in [1.29, 1.82) is 0 Å². The van der Waals surface area contributed by atoms with E-state index in [9.17, 15) is 8.42 Å². The zero-order valence-electron chi connectivity index (χ0n) is 20.3. The van der Waals surface area contributed by atoms with Crippen molar-refractivity contribution < 1.29 is 13.2 Å². The lowest BCUT2D eigenvalue weighted by Crippen LogP contribution is -2.34. The SMILES string of the molecule is COc1ccc2c(c1)CC[C@H]1N=C(NC[C@H]3CC[C@H](CNS(=O)(=O)c4ccccc4)CC3)C[C@@H]21.Cl. The minimum absolute atomic E-state index is 0. The number of aryl methyl sites for hydroxylation is 1. The number of ether oxygens (including phenoxy) is 1. The molecule has 0 saturated heterocycles. The third-order valence-electron chi connectivity index (χ3n) is 7.84. The maximum absolute atomic E-state index is 12.5. The quantitative estimate of drug-likeness (QED) is 0.558. The summed E-state index contributed by atoms with van der Waals surface area (Å²) in [4.78, 5) is 5.37.